The molecule has 0 saturated carbocycles. The molecular weight excluding hydrogens is 362 g/mol. The third-order valence-electron chi connectivity index (χ3n) is 5.60. The molecule has 1 amide bonds. The van der Waals surface area contributed by atoms with Crippen LogP contribution in [0.2, 0.25) is 0 Å². The predicted octanol–water partition coefficient (Wildman–Crippen LogP) is 1.68. The number of carboxylic acids is 1. The van der Waals surface area contributed by atoms with Gasteiger partial charge in [-0.15, -0.1) is 5.10 Å². The van der Waals surface area contributed by atoms with E-state index in [0.29, 0.717) is 37.2 Å². The second kappa shape index (κ2) is 7.21. The van der Waals surface area contributed by atoms with Gasteiger partial charge in [0.1, 0.15) is 0 Å². The molecule has 9 heteroatoms. The van der Waals surface area contributed by atoms with Crippen molar-refractivity contribution in [1.29, 1.82) is 0 Å². The Labute approximate surface area is 161 Å². The molecule has 2 N–H and O–H groups in total. The Morgan fingerprint density at radius 1 is 1.32 bits per heavy atom. The fourth-order valence-electron chi connectivity index (χ4n) is 4.31. The van der Waals surface area contributed by atoms with E-state index in [9.17, 15) is 14.4 Å². The van der Waals surface area contributed by atoms with Crippen LogP contribution in [0.15, 0.2) is 6.20 Å². The van der Waals surface area contributed by atoms with Crippen molar-refractivity contribution in [1.82, 2.24) is 24.9 Å². The minimum Gasteiger partial charge on any atom is -0.476 e. The van der Waals surface area contributed by atoms with E-state index in [0.717, 1.165) is 37.1 Å². The molecule has 1 fully saturated rings. The molecule has 9 nitrogen and oxygen atoms in total. The maximum absolute atomic E-state index is 13.2. The molecule has 2 aromatic rings. The SMILES string of the molecule is Cc1[nH]c2c(c1C(=O)N1CCC[C@@H](Cn3cc(C(=O)O)nn3)C1)C(=O)CCC2. The van der Waals surface area contributed by atoms with Crippen molar-refractivity contribution in [3.63, 3.8) is 0 Å². The third-order valence-corrected chi connectivity index (χ3v) is 5.60. The number of piperidine rings is 1. The lowest BCUT2D eigenvalue weighted by Crippen LogP contribution is -2.41. The number of aromatic amines is 1. The Kier molecular flexibility index (Phi) is 4.74. The number of Topliss-reactive ketones (excluding diaryl/α,β-unsaturated/α-hetero) is 1. The van der Waals surface area contributed by atoms with Gasteiger partial charge in [0.15, 0.2) is 11.5 Å². The zero-order valence-corrected chi connectivity index (χ0v) is 15.8. The summed E-state index contributed by atoms with van der Waals surface area (Å²) in [6.07, 6.45) is 5.31. The number of aryl methyl sites for hydroxylation is 2. The molecular formula is C19H23N5O4. The minimum absolute atomic E-state index is 0.0475. The van der Waals surface area contributed by atoms with Crippen LogP contribution in [0.4, 0.5) is 0 Å². The van der Waals surface area contributed by atoms with Crippen molar-refractivity contribution in [3.05, 3.63) is 34.4 Å². The number of hydrogen-bond acceptors (Lipinski definition) is 5. The molecule has 4 rings (SSSR count). The number of nitrogens with one attached hydrogen (secondary N) is 1. The van der Waals surface area contributed by atoms with E-state index in [1.807, 2.05) is 11.8 Å². The van der Waals surface area contributed by atoms with E-state index >= 15 is 0 Å². The molecule has 1 aliphatic heterocycles. The predicted molar refractivity (Wildman–Crippen MR) is 98.4 cm³/mol. The van der Waals surface area contributed by atoms with Crippen LogP contribution in [-0.2, 0) is 13.0 Å². The number of amides is 1. The number of nitrogens with zero attached hydrogens (tertiary/aromatic N) is 4. The van der Waals surface area contributed by atoms with E-state index in [1.165, 1.54) is 10.9 Å². The summed E-state index contributed by atoms with van der Waals surface area (Å²) in [5, 5.41) is 16.5. The van der Waals surface area contributed by atoms with E-state index in [2.05, 4.69) is 15.3 Å². The number of rotatable bonds is 4. The molecule has 0 unspecified atom stereocenters. The number of aromatic carboxylic acids is 1. The highest BCUT2D eigenvalue weighted by Crippen LogP contribution is 2.29. The van der Waals surface area contributed by atoms with Crippen LogP contribution in [0.1, 0.15) is 68.3 Å². The smallest absolute Gasteiger partial charge is 0.358 e. The zero-order chi connectivity index (χ0) is 19.8. The fourth-order valence-corrected chi connectivity index (χ4v) is 4.31. The zero-order valence-electron chi connectivity index (χ0n) is 15.8. The number of carbonyl (C=O) groups excluding carboxylic acids is 2. The summed E-state index contributed by atoms with van der Waals surface area (Å²) in [4.78, 5) is 41.6. The van der Waals surface area contributed by atoms with Gasteiger partial charge in [-0.3, -0.25) is 14.3 Å². The topological polar surface area (TPSA) is 121 Å². The molecule has 28 heavy (non-hydrogen) atoms. The van der Waals surface area contributed by atoms with Gasteiger partial charge in [0.05, 0.1) is 17.3 Å². The second-order valence-electron chi connectivity index (χ2n) is 7.65. The normalized spacial score (nSPS) is 19.5. The number of likely N-dealkylation sites (tertiary alicyclic amines) is 1. The number of ketones is 1. The maximum Gasteiger partial charge on any atom is 0.358 e. The Morgan fingerprint density at radius 3 is 2.89 bits per heavy atom. The van der Waals surface area contributed by atoms with Crippen molar-refractivity contribution in [2.24, 2.45) is 5.92 Å². The van der Waals surface area contributed by atoms with Gasteiger partial charge in [0.2, 0.25) is 0 Å². The first-order valence-corrected chi connectivity index (χ1v) is 9.61. The van der Waals surface area contributed by atoms with Gasteiger partial charge >= 0.3 is 5.97 Å². The third kappa shape index (κ3) is 3.32. The molecule has 3 heterocycles. The van der Waals surface area contributed by atoms with Gasteiger partial charge < -0.3 is 15.0 Å². The van der Waals surface area contributed by atoms with Crippen LogP contribution in [0.3, 0.4) is 0 Å². The fraction of sp³-hybridized carbons (Fsp3) is 0.526. The molecule has 0 radical (unpaired) electrons. The lowest BCUT2D eigenvalue weighted by atomic mass is 9.91. The summed E-state index contributed by atoms with van der Waals surface area (Å²) in [6, 6.07) is 0. The largest absolute Gasteiger partial charge is 0.476 e. The quantitative estimate of drug-likeness (QED) is 0.826. The molecule has 0 bridgehead atoms. The summed E-state index contributed by atoms with van der Waals surface area (Å²) >= 11 is 0. The Balaban J connectivity index is 1.50. The molecule has 1 aliphatic carbocycles. The van der Waals surface area contributed by atoms with E-state index in [1.54, 1.807) is 0 Å². The Morgan fingerprint density at radius 2 is 2.14 bits per heavy atom. The highest BCUT2D eigenvalue weighted by molar-refractivity contribution is 6.10. The highest BCUT2D eigenvalue weighted by atomic mass is 16.4. The van der Waals surface area contributed by atoms with Crippen LogP contribution >= 0.6 is 0 Å². The summed E-state index contributed by atoms with van der Waals surface area (Å²) < 4.78 is 1.52. The highest BCUT2D eigenvalue weighted by Gasteiger charge is 2.32. The summed E-state index contributed by atoms with van der Waals surface area (Å²) in [5.41, 5.74) is 2.66. The Hall–Kier alpha value is -2.97. The lowest BCUT2D eigenvalue weighted by molar-refractivity contribution is 0.0654. The number of carbonyl (C=O) groups is 3. The Bertz CT molecular complexity index is 944. The molecule has 1 atom stereocenters. The summed E-state index contributed by atoms with van der Waals surface area (Å²) in [6.45, 7) is 3.56. The van der Waals surface area contributed by atoms with E-state index in [4.69, 9.17) is 5.11 Å². The first-order valence-electron chi connectivity index (χ1n) is 9.61. The van der Waals surface area contributed by atoms with Gasteiger partial charge in [-0.2, -0.15) is 0 Å². The van der Waals surface area contributed by atoms with Crippen LogP contribution in [0.25, 0.3) is 0 Å². The molecule has 148 valence electrons. The second-order valence-corrected chi connectivity index (χ2v) is 7.65. The van der Waals surface area contributed by atoms with Crippen molar-refractivity contribution < 1.29 is 19.5 Å². The maximum atomic E-state index is 13.2. The van der Waals surface area contributed by atoms with E-state index in [-0.39, 0.29) is 23.3 Å². The van der Waals surface area contributed by atoms with Crippen molar-refractivity contribution >= 4 is 17.7 Å². The first-order chi connectivity index (χ1) is 13.4. The van der Waals surface area contributed by atoms with Crippen molar-refractivity contribution in [3.8, 4) is 0 Å². The van der Waals surface area contributed by atoms with Crippen LogP contribution < -0.4 is 0 Å². The number of aromatic nitrogens is 4. The van der Waals surface area contributed by atoms with E-state index < -0.39 is 5.97 Å². The first kappa shape index (κ1) is 18.4. The van der Waals surface area contributed by atoms with Crippen molar-refractivity contribution in [2.75, 3.05) is 13.1 Å². The summed E-state index contributed by atoms with van der Waals surface area (Å²) in [5.74, 6) is -0.998. The number of hydrogen-bond donors (Lipinski definition) is 2. The molecule has 2 aromatic heterocycles. The van der Waals surface area contributed by atoms with Crippen LogP contribution in [0.5, 0.6) is 0 Å². The molecule has 1 saturated heterocycles. The van der Waals surface area contributed by atoms with Crippen molar-refractivity contribution in [2.45, 2.75) is 45.6 Å². The number of carboxylic acid groups (broad SMARTS) is 1. The summed E-state index contributed by atoms with van der Waals surface area (Å²) in [7, 11) is 0. The van der Waals surface area contributed by atoms with Gasteiger partial charge in [-0.05, 0) is 38.5 Å². The lowest BCUT2D eigenvalue weighted by Gasteiger charge is -2.33. The van der Waals surface area contributed by atoms with Gasteiger partial charge in [-0.1, -0.05) is 5.21 Å². The van der Waals surface area contributed by atoms with Crippen LogP contribution in [-0.4, -0.2) is 60.7 Å². The molecule has 0 spiro atoms. The monoisotopic (exact) mass is 385 g/mol. The van der Waals surface area contributed by atoms with Gasteiger partial charge in [0.25, 0.3) is 5.91 Å². The standard InChI is InChI=1S/C19H23N5O4/c1-11-16(17-13(20-11)5-2-6-15(17)25)18(26)23-7-3-4-12(8-23)9-24-10-14(19(27)28)21-22-24/h10,12,20H,2-9H2,1H3,(H,27,28)/t12-/m1/s1. The average Bonchev–Trinajstić information content (AvgIpc) is 3.26. The number of H-pyrrole nitrogens is 1. The molecule has 0 aromatic carbocycles. The molecule has 2 aliphatic rings. The number of fused-ring (bicyclic) bond motifs is 1. The average molecular weight is 385 g/mol. The van der Waals surface area contributed by atoms with Crippen LogP contribution in [0, 0.1) is 12.8 Å². The van der Waals surface area contributed by atoms with Gasteiger partial charge in [-0.25, -0.2) is 4.79 Å². The van der Waals surface area contributed by atoms with Gasteiger partial charge in [0, 0.05) is 37.4 Å². The minimum atomic E-state index is -1.11.